The van der Waals surface area contributed by atoms with E-state index in [9.17, 15) is 0 Å². The Kier molecular flexibility index (Phi) is 4.83. The van der Waals surface area contributed by atoms with E-state index in [2.05, 4.69) is 36.0 Å². The Bertz CT molecular complexity index is 222. The van der Waals surface area contributed by atoms with Crippen LogP contribution in [0.25, 0.3) is 0 Å². The van der Waals surface area contributed by atoms with Gasteiger partial charge < -0.3 is 15.1 Å². The Morgan fingerprint density at radius 1 is 1.12 bits per heavy atom. The summed E-state index contributed by atoms with van der Waals surface area (Å²) in [4.78, 5) is 5.11. The van der Waals surface area contributed by atoms with E-state index in [1.807, 2.05) is 0 Å². The van der Waals surface area contributed by atoms with Crippen LogP contribution in [-0.4, -0.2) is 61.2 Å². The minimum Gasteiger partial charge on any atom is -0.312 e. The van der Waals surface area contributed by atoms with E-state index in [1.165, 1.54) is 51.9 Å². The summed E-state index contributed by atoms with van der Waals surface area (Å²) in [6, 6.07) is 2.27. The van der Waals surface area contributed by atoms with Gasteiger partial charge in [-0.15, -0.1) is 0 Å². The maximum absolute atomic E-state index is 3.79. The van der Waals surface area contributed by atoms with Gasteiger partial charge in [-0.2, -0.15) is 0 Å². The number of likely N-dealkylation sites (tertiary alicyclic amines) is 2. The van der Waals surface area contributed by atoms with E-state index in [0.29, 0.717) is 0 Å². The second-order valence-corrected chi connectivity index (χ2v) is 6.09. The third kappa shape index (κ3) is 3.67. The molecule has 0 aromatic rings. The molecule has 3 heteroatoms. The lowest BCUT2D eigenvalue weighted by Crippen LogP contribution is -2.47. The van der Waals surface area contributed by atoms with Crippen LogP contribution in [0.15, 0.2) is 0 Å². The molecular weight excluding hydrogens is 210 g/mol. The molecule has 2 heterocycles. The van der Waals surface area contributed by atoms with E-state index in [0.717, 1.165) is 18.1 Å². The number of hydrogen-bond acceptors (Lipinski definition) is 3. The predicted octanol–water partition coefficient (Wildman–Crippen LogP) is 1.54. The lowest BCUT2D eigenvalue weighted by atomic mass is 10.0. The lowest BCUT2D eigenvalue weighted by Gasteiger charge is -2.35. The van der Waals surface area contributed by atoms with E-state index in [-0.39, 0.29) is 0 Å². The van der Waals surface area contributed by atoms with Crippen molar-refractivity contribution >= 4 is 0 Å². The molecule has 1 N–H and O–H groups in total. The summed E-state index contributed by atoms with van der Waals surface area (Å²) in [6.45, 7) is 9.65. The molecule has 0 amide bonds. The maximum Gasteiger partial charge on any atom is 0.0218 e. The fourth-order valence-corrected chi connectivity index (χ4v) is 3.16. The Balaban J connectivity index is 1.64. The van der Waals surface area contributed by atoms with Crippen LogP contribution >= 0.6 is 0 Å². The third-order valence-electron chi connectivity index (χ3n) is 4.57. The Labute approximate surface area is 107 Å². The molecule has 100 valence electrons. The van der Waals surface area contributed by atoms with Crippen molar-refractivity contribution in [2.45, 2.75) is 57.7 Å². The first kappa shape index (κ1) is 13.3. The number of piperidine rings is 1. The Morgan fingerprint density at radius 2 is 1.82 bits per heavy atom. The molecule has 3 nitrogen and oxygen atoms in total. The average Bonchev–Trinajstić information content (AvgIpc) is 2.73. The monoisotopic (exact) mass is 239 g/mol. The van der Waals surface area contributed by atoms with Gasteiger partial charge in [0, 0.05) is 24.7 Å². The van der Waals surface area contributed by atoms with Gasteiger partial charge in [0.1, 0.15) is 0 Å². The van der Waals surface area contributed by atoms with Crippen LogP contribution in [0.3, 0.4) is 0 Å². The van der Waals surface area contributed by atoms with Crippen LogP contribution in [0.5, 0.6) is 0 Å². The first-order valence-electron chi connectivity index (χ1n) is 7.34. The van der Waals surface area contributed by atoms with Crippen LogP contribution < -0.4 is 5.32 Å². The molecule has 2 fully saturated rings. The zero-order valence-electron chi connectivity index (χ0n) is 11.8. The van der Waals surface area contributed by atoms with Crippen molar-refractivity contribution in [1.82, 2.24) is 15.1 Å². The van der Waals surface area contributed by atoms with Gasteiger partial charge in [-0.25, -0.2) is 0 Å². The summed E-state index contributed by atoms with van der Waals surface area (Å²) in [6.07, 6.45) is 5.42. The van der Waals surface area contributed by atoms with Crippen LogP contribution in [0.1, 0.15) is 39.5 Å². The van der Waals surface area contributed by atoms with Gasteiger partial charge in [0.15, 0.2) is 0 Å². The van der Waals surface area contributed by atoms with E-state index in [4.69, 9.17) is 0 Å². The number of hydrogen-bond donors (Lipinski definition) is 1. The summed E-state index contributed by atoms with van der Waals surface area (Å²) < 4.78 is 0. The van der Waals surface area contributed by atoms with Crippen molar-refractivity contribution in [3.8, 4) is 0 Å². The quantitative estimate of drug-likeness (QED) is 0.803. The van der Waals surface area contributed by atoms with Crippen LogP contribution in [0, 0.1) is 0 Å². The van der Waals surface area contributed by atoms with Crippen molar-refractivity contribution in [2.24, 2.45) is 0 Å². The molecular formula is C14H29N3. The highest BCUT2D eigenvalue weighted by Crippen LogP contribution is 2.16. The van der Waals surface area contributed by atoms with E-state index >= 15 is 0 Å². The summed E-state index contributed by atoms with van der Waals surface area (Å²) in [5, 5.41) is 3.79. The zero-order valence-corrected chi connectivity index (χ0v) is 11.8. The number of rotatable bonds is 4. The largest absolute Gasteiger partial charge is 0.312 e. The fourth-order valence-electron chi connectivity index (χ4n) is 3.16. The minimum atomic E-state index is 0.719. The highest BCUT2D eigenvalue weighted by atomic mass is 15.2. The van der Waals surface area contributed by atoms with Crippen LogP contribution in [0.4, 0.5) is 0 Å². The van der Waals surface area contributed by atoms with Gasteiger partial charge in [0.2, 0.25) is 0 Å². The predicted molar refractivity (Wildman–Crippen MR) is 73.4 cm³/mol. The molecule has 0 radical (unpaired) electrons. The van der Waals surface area contributed by atoms with Crippen molar-refractivity contribution in [2.75, 3.05) is 33.2 Å². The molecule has 0 aromatic carbocycles. The van der Waals surface area contributed by atoms with Crippen molar-refractivity contribution in [1.29, 1.82) is 0 Å². The molecule has 17 heavy (non-hydrogen) atoms. The second kappa shape index (κ2) is 6.17. The van der Waals surface area contributed by atoms with Gasteiger partial charge in [-0.05, 0) is 66.2 Å². The number of nitrogens with zero attached hydrogens (tertiary/aromatic N) is 2. The van der Waals surface area contributed by atoms with Crippen molar-refractivity contribution < 1.29 is 0 Å². The molecule has 2 rings (SSSR count). The second-order valence-electron chi connectivity index (χ2n) is 6.09. The summed E-state index contributed by atoms with van der Waals surface area (Å²) >= 11 is 0. The molecule has 0 saturated carbocycles. The molecule has 0 aliphatic carbocycles. The van der Waals surface area contributed by atoms with E-state index < -0.39 is 0 Å². The van der Waals surface area contributed by atoms with Gasteiger partial charge in [0.05, 0.1) is 0 Å². The average molecular weight is 239 g/mol. The Morgan fingerprint density at radius 3 is 2.35 bits per heavy atom. The van der Waals surface area contributed by atoms with Gasteiger partial charge in [-0.1, -0.05) is 0 Å². The smallest absolute Gasteiger partial charge is 0.0218 e. The summed E-state index contributed by atoms with van der Waals surface area (Å²) in [5.41, 5.74) is 0. The molecule has 2 saturated heterocycles. The summed E-state index contributed by atoms with van der Waals surface area (Å²) in [7, 11) is 2.26. The van der Waals surface area contributed by atoms with Gasteiger partial charge in [0.25, 0.3) is 0 Å². The molecule has 0 spiro atoms. The standard InChI is InChI=1S/C14H29N3/c1-12(2)17-9-6-13(7-10-17)15-11-14-5-4-8-16(14)3/h12-15H,4-11H2,1-3H3. The molecule has 0 bridgehead atoms. The van der Waals surface area contributed by atoms with Crippen molar-refractivity contribution in [3.63, 3.8) is 0 Å². The molecule has 2 aliphatic rings. The normalized spacial score (nSPS) is 29.3. The molecule has 2 aliphatic heterocycles. The lowest BCUT2D eigenvalue weighted by molar-refractivity contribution is 0.157. The van der Waals surface area contributed by atoms with Crippen molar-refractivity contribution in [3.05, 3.63) is 0 Å². The SMILES string of the molecule is CC(C)N1CCC(NCC2CCCN2C)CC1. The highest BCUT2D eigenvalue weighted by molar-refractivity contribution is 4.83. The molecule has 1 atom stereocenters. The Hall–Kier alpha value is -0.120. The van der Waals surface area contributed by atoms with Crippen LogP contribution in [-0.2, 0) is 0 Å². The highest BCUT2D eigenvalue weighted by Gasteiger charge is 2.24. The van der Waals surface area contributed by atoms with Gasteiger partial charge >= 0.3 is 0 Å². The molecule has 0 aromatic heterocycles. The van der Waals surface area contributed by atoms with Gasteiger partial charge in [-0.3, -0.25) is 0 Å². The first-order valence-corrected chi connectivity index (χ1v) is 7.34. The van der Waals surface area contributed by atoms with E-state index in [1.54, 1.807) is 0 Å². The molecule has 1 unspecified atom stereocenters. The maximum atomic E-state index is 3.79. The first-order chi connectivity index (χ1) is 8.16. The minimum absolute atomic E-state index is 0.719. The fraction of sp³-hybridized carbons (Fsp3) is 1.00. The summed E-state index contributed by atoms with van der Waals surface area (Å²) in [5.74, 6) is 0. The zero-order chi connectivity index (χ0) is 12.3. The number of likely N-dealkylation sites (N-methyl/N-ethyl adjacent to an activating group) is 1. The third-order valence-corrected chi connectivity index (χ3v) is 4.57. The topological polar surface area (TPSA) is 18.5 Å². The van der Waals surface area contributed by atoms with Crippen LogP contribution in [0.2, 0.25) is 0 Å². The number of nitrogens with one attached hydrogen (secondary N) is 1.